The summed E-state index contributed by atoms with van der Waals surface area (Å²) in [5.74, 6) is -5.47. The Morgan fingerprint density at radius 1 is 1.58 bits per heavy atom. The first kappa shape index (κ1) is 11.1. The largest absolute Gasteiger partial charge is 0.544 e. The molecule has 0 heterocycles. The van der Waals surface area contributed by atoms with Gasteiger partial charge >= 0.3 is 0 Å². The molecule has 5 heteroatoms. The SMILES string of the molecule is C=C(F)CCCC(O)(O)C(=O)[O-]. The number of carboxylic acids is 1. The molecule has 0 rings (SSSR count). The van der Waals surface area contributed by atoms with Crippen LogP contribution in [0, 0.1) is 0 Å². The molecule has 0 aromatic heterocycles. The third-order valence-electron chi connectivity index (χ3n) is 1.30. The molecule has 12 heavy (non-hydrogen) atoms. The smallest absolute Gasteiger partial charge is 0.204 e. The highest BCUT2D eigenvalue weighted by Crippen LogP contribution is 2.13. The van der Waals surface area contributed by atoms with Gasteiger partial charge in [-0.05, 0) is 12.8 Å². The van der Waals surface area contributed by atoms with Gasteiger partial charge in [0.2, 0.25) is 5.79 Å². The molecule has 0 saturated carbocycles. The van der Waals surface area contributed by atoms with Crippen molar-refractivity contribution in [2.24, 2.45) is 0 Å². The van der Waals surface area contributed by atoms with Crippen molar-refractivity contribution in [3.8, 4) is 0 Å². The zero-order valence-corrected chi connectivity index (χ0v) is 6.42. The molecule has 0 unspecified atom stereocenters. The lowest BCUT2D eigenvalue weighted by Gasteiger charge is -2.21. The van der Waals surface area contributed by atoms with Crippen molar-refractivity contribution in [3.05, 3.63) is 12.4 Å². The first-order chi connectivity index (χ1) is 5.36. The van der Waals surface area contributed by atoms with Crippen LogP contribution in [0.1, 0.15) is 19.3 Å². The molecule has 2 N–H and O–H groups in total. The van der Waals surface area contributed by atoms with Crippen LogP contribution in [0.4, 0.5) is 4.39 Å². The minimum absolute atomic E-state index is 0.00366. The first-order valence-corrected chi connectivity index (χ1v) is 3.36. The van der Waals surface area contributed by atoms with E-state index in [4.69, 9.17) is 10.2 Å². The van der Waals surface area contributed by atoms with E-state index in [1.54, 1.807) is 0 Å². The highest BCUT2D eigenvalue weighted by molar-refractivity contribution is 5.72. The van der Waals surface area contributed by atoms with Gasteiger partial charge in [-0.2, -0.15) is 0 Å². The molecule has 0 amide bonds. The molecule has 0 radical (unpaired) electrons. The maximum Gasteiger partial charge on any atom is 0.204 e. The fourth-order valence-corrected chi connectivity index (χ4v) is 0.629. The standard InChI is InChI=1S/C7H11FO4/c1-5(8)3-2-4-7(11,12)6(9)10/h11-12H,1-4H2,(H,9,10)/p-1. The van der Waals surface area contributed by atoms with Crippen molar-refractivity contribution in [2.45, 2.75) is 25.0 Å². The van der Waals surface area contributed by atoms with Crippen LogP contribution in [0.5, 0.6) is 0 Å². The molecule has 4 nitrogen and oxygen atoms in total. The third-order valence-corrected chi connectivity index (χ3v) is 1.30. The summed E-state index contributed by atoms with van der Waals surface area (Å²) < 4.78 is 12.0. The number of rotatable bonds is 5. The molecule has 0 aliphatic carbocycles. The fraction of sp³-hybridized carbons (Fsp3) is 0.571. The zero-order chi connectivity index (χ0) is 9.78. The van der Waals surface area contributed by atoms with Gasteiger partial charge in [0.15, 0.2) is 0 Å². The Bertz CT molecular complexity index is 188. The summed E-state index contributed by atoms with van der Waals surface area (Å²) in [7, 11) is 0. The highest BCUT2D eigenvalue weighted by atomic mass is 19.1. The lowest BCUT2D eigenvalue weighted by atomic mass is 10.1. The van der Waals surface area contributed by atoms with Crippen LogP contribution in [0.3, 0.4) is 0 Å². The van der Waals surface area contributed by atoms with Crippen molar-refractivity contribution >= 4 is 5.97 Å². The van der Waals surface area contributed by atoms with Gasteiger partial charge in [0, 0.05) is 6.42 Å². The molecule has 0 spiro atoms. The first-order valence-electron chi connectivity index (χ1n) is 3.36. The summed E-state index contributed by atoms with van der Waals surface area (Å²) in [5, 5.41) is 27.3. The fourth-order valence-electron chi connectivity index (χ4n) is 0.629. The van der Waals surface area contributed by atoms with E-state index < -0.39 is 24.0 Å². The Morgan fingerprint density at radius 2 is 2.08 bits per heavy atom. The molecule has 0 aromatic carbocycles. The number of hydrogen-bond donors (Lipinski definition) is 2. The van der Waals surface area contributed by atoms with Crippen LogP contribution in [0.2, 0.25) is 0 Å². The van der Waals surface area contributed by atoms with E-state index in [1.807, 2.05) is 0 Å². The van der Waals surface area contributed by atoms with Gasteiger partial charge in [-0.15, -0.1) is 0 Å². The van der Waals surface area contributed by atoms with Gasteiger partial charge in [-0.25, -0.2) is 4.39 Å². The number of hydrogen-bond acceptors (Lipinski definition) is 4. The molecule has 0 saturated heterocycles. The summed E-state index contributed by atoms with van der Waals surface area (Å²) in [4.78, 5) is 9.97. The molecule has 70 valence electrons. The Balaban J connectivity index is 3.76. The van der Waals surface area contributed by atoms with E-state index in [2.05, 4.69) is 6.58 Å². The topological polar surface area (TPSA) is 80.6 Å². The van der Waals surface area contributed by atoms with E-state index in [1.165, 1.54) is 0 Å². The second kappa shape index (κ2) is 4.18. The van der Waals surface area contributed by atoms with Gasteiger partial charge < -0.3 is 20.1 Å². The monoisotopic (exact) mass is 177 g/mol. The van der Waals surface area contributed by atoms with Crippen molar-refractivity contribution < 1.29 is 24.5 Å². The maximum absolute atomic E-state index is 12.0. The van der Waals surface area contributed by atoms with E-state index in [9.17, 15) is 14.3 Å². The molecular weight excluding hydrogens is 167 g/mol. The van der Waals surface area contributed by atoms with Crippen molar-refractivity contribution in [2.75, 3.05) is 0 Å². The Hall–Kier alpha value is -0.940. The molecule has 0 fully saturated rings. The quantitative estimate of drug-likeness (QED) is 0.532. The summed E-state index contributed by atoms with van der Waals surface area (Å²) in [6.07, 6.45) is -0.565. The van der Waals surface area contributed by atoms with Crippen LogP contribution < -0.4 is 5.11 Å². The van der Waals surface area contributed by atoms with Crippen molar-refractivity contribution in [1.82, 2.24) is 0 Å². The second-order valence-electron chi connectivity index (χ2n) is 2.47. The molecular formula is C7H10FO4-. The lowest BCUT2D eigenvalue weighted by Crippen LogP contribution is -2.48. The number of carbonyl (C=O) groups is 1. The molecule has 0 aliphatic heterocycles. The van der Waals surface area contributed by atoms with Crippen LogP contribution in [-0.2, 0) is 4.79 Å². The predicted octanol–water partition coefficient (Wildman–Crippen LogP) is -0.929. The number of aliphatic carboxylic acids is 1. The minimum Gasteiger partial charge on any atom is -0.544 e. The van der Waals surface area contributed by atoms with E-state index >= 15 is 0 Å². The van der Waals surface area contributed by atoms with E-state index in [0.717, 1.165) is 0 Å². The molecule has 0 atom stereocenters. The molecule has 0 bridgehead atoms. The van der Waals surface area contributed by atoms with E-state index in [0.29, 0.717) is 0 Å². The van der Waals surface area contributed by atoms with Gasteiger partial charge in [0.1, 0.15) is 5.97 Å². The highest BCUT2D eigenvalue weighted by Gasteiger charge is 2.23. The Morgan fingerprint density at radius 3 is 2.42 bits per heavy atom. The maximum atomic E-state index is 12.0. The van der Waals surface area contributed by atoms with Gasteiger partial charge in [0.05, 0.1) is 5.83 Å². The molecule has 0 aromatic rings. The van der Waals surface area contributed by atoms with Gasteiger partial charge in [-0.3, -0.25) is 0 Å². The second-order valence-corrected chi connectivity index (χ2v) is 2.47. The predicted molar refractivity (Wildman–Crippen MR) is 36.3 cm³/mol. The number of carbonyl (C=O) groups excluding carboxylic acids is 1. The van der Waals surface area contributed by atoms with Crippen molar-refractivity contribution in [1.29, 1.82) is 0 Å². The van der Waals surface area contributed by atoms with Crippen LogP contribution in [0.15, 0.2) is 12.4 Å². The minimum atomic E-state index is -2.87. The van der Waals surface area contributed by atoms with Crippen LogP contribution in [0.25, 0.3) is 0 Å². The zero-order valence-electron chi connectivity index (χ0n) is 6.42. The summed E-state index contributed by atoms with van der Waals surface area (Å²) in [6.45, 7) is 2.93. The number of aliphatic hydroxyl groups is 2. The van der Waals surface area contributed by atoms with Gasteiger partial charge in [-0.1, -0.05) is 6.58 Å². The third kappa shape index (κ3) is 4.05. The summed E-state index contributed by atoms with van der Waals surface area (Å²) >= 11 is 0. The van der Waals surface area contributed by atoms with E-state index in [-0.39, 0.29) is 12.8 Å². The van der Waals surface area contributed by atoms with Crippen LogP contribution in [-0.4, -0.2) is 22.0 Å². The number of halogens is 1. The lowest BCUT2D eigenvalue weighted by molar-refractivity contribution is -0.347. The molecule has 0 aliphatic rings. The Labute approximate surface area is 68.9 Å². The number of carboxylic acid groups (broad SMARTS) is 1. The summed E-state index contributed by atoms with van der Waals surface area (Å²) in [5.41, 5.74) is 0. The summed E-state index contributed by atoms with van der Waals surface area (Å²) in [6, 6.07) is 0. The normalized spacial score (nSPS) is 11.2. The number of allylic oxidation sites excluding steroid dienone is 1. The average molecular weight is 177 g/mol. The Kier molecular flexibility index (Phi) is 3.85. The average Bonchev–Trinajstić information content (AvgIpc) is 1.85. The van der Waals surface area contributed by atoms with Crippen LogP contribution >= 0.6 is 0 Å². The van der Waals surface area contributed by atoms with Gasteiger partial charge in [0.25, 0.3) is 0 Å². The van der Waals surface area contributed by atoms with Crippen molar-refractivity contribution in [3.63, 3.8) is 0 Å².